The van der Waals surface area contributed by atoms with E-state index in [1.807, 2.05) is 6.92 Å². The summed E-state index contributed by atoms with van der Waals surface area (Å²) in [6.07, 6.45) is 5.83. The molecule has 0 bridgehead atoms. The van der Waals surface area contributed by atoms with E-state index in [2.05, 4.69) is 10.6 Å². The predicted octanol–water partition coefficient (Wildman–Crippen LogP) is 3.89. The van der Waals surface area contributed by atoms with Crippen LogP contribution >= 0.6 is 11.3 Å². The molecule has 1 aliphatic carbocycles. The molecule has 0 unspecified atom stereocenters. The van der Waals surface area contributed by atoms with Crippen LogP contribution in [0.15, 0.2) is 0 Å². The Balaban J connectivity index is 2.28. The summed E-state index contributed by atoms with van der Waals surface area (Å²) < 4.78 is 5.14. The molecule has 1 aromatic heterocycles. The van der Waals surface area contributed by atoms with Gasteiger partial charge in [-0.3, -0.25) is 9.59 Å². The summed E-state index contributed by atoms with van der Waals surface area (Å²) in [7, 11) is 0. The molecule has 26 heavy (non-hydrogen) atoms. The average molecular weight is 381 g/mol. The first-order chi connectivity index (χ1) is 12.5. The maximum Gasteiger partial charge on any atom is 0.341 e. The SMILES string of the molecule is CCCNC(=O)c1sc(NC(=O)C2CCCCC2)c(C(=O)OCC)c1C. The molecule has 1 heterocycles. The number of hydrogen-bond acceptors (Lipinski definition) is 5. The number of ether oxygens (including phenoxy) is 1. The van der Waals surface area contributed by atoms with Crippen LogP contribution in [0, 0.1) is 12.8 Å². The average Bonchev–Trinajstić information content (AvgIpc) is 2.96. The van der Waals surface area contributed by atoms with E-state index < -0.39 is 5.97 Å². The molecule has 0 radical (unpaired) electrons. The van der Waals surface area contributed by atoms with Crippen molar-refractivity contribution in [2.24, 2.45) is 5.92 Å². The Morgan fingerprint density at radius 3 is 2.46 bits per heavy atom. The monoisotopic (exact) mass is 380 g/mol. The standard InChI is InChI=1S/C19H28N2O4S/c1-4-11-20-17(23)15-12(3)14(19(24)25-5-2)18(26-15)21-16(22)13-9-7-6-8-10-13/h13H,4-11H2,1-3H3,(H,20,23)(H,21,22). The molecule has 1 fully saturated rings. The number of esters is 1. The topological polar surface area (TPSA) is 84.5 Å². The Hall–Kier alpha value is -1.89. The minimum atomic E-state index is -0.505. The van der Waals surface area contributed by atoms with Crippen LogP contribution in [-0.4, -0.2) is 30.9 Å². The first-order valence-corrected chi connectivity index (χ1v) is 10.2. The quantitative estimate of drug-likeness (QED) is 0.703. The molecular weight excluding hydrogens is 352 g/mol. The van der Waals surface area contributed by atoms with Crippen molar-refractivity contribution >= 4 is 34.1 Å². The van der Waals surface area contributed by atoms with Gasteiger partial charge in [0.15, 0.2) is 0 Å². The second kappa shape index (κ2) is 9.71. The number of carbonyl (C=O) groups is 3. The summed E-state index contributed by atoms with van der Waals surface area (Å²) in [6, 6.07) is 0. The van der Waals surface area contributed by atoms with E-state index >= 15 is 0 Å². The zero-order valence-corrected chi connectivity index (χ0v) is 16.6. The van der Waals surface area contributed by atoms with Crippen molar-refractivity contribution in [2.45, 2.75) is 59.3 Å². The molecule has 7 heteroatoms. The van der Waals surface area contributed by atoms with E-state index in [4.69, 9.17) is 4.74 Å². The maximum absolute atomic E-state index is 12.6. The lowest BCUT2D eigenvalue weighted by atomic mass is 9.89. The van der Waals surface area contributed by atoms with Gasteiger partial charge in [0.2, 0.25) is 5.91 Å². The molecule has 2 amide bonds. The molecule has 2 rings (SSSR count). The van der Waals surface area contributed by atoms with Crippen molar-refractivity contribution in [1.29, 1.82) is 0 Å². The van der Waals surface area contributed by atoms with Gasteiger partial charge in [0.05, 0.1) is 17.0 Å². The van der Waals surface area contributed by atoms with E-state index in [0.29, 0.717) is 27.5 Å². The molecule has 0 spiro atoms. The Kier molecular flexibility index (Phi) is 7.63. The largest absolute Gasteiger partial charge is 0.462 e. The van der Waals surface area contributed by atoms with Crippen LogP contribution < -0.4 is 10.6 Å². The lowest BCUT2D eigenvalue weighted by Crippen LogP contribution is -2.25. The predicted molar refractivity (Wildman–Crippen MR) is 103 cm³/mol. The number of hydrogen-bond donors (Lipinski definition) is 2. The highest BCUT2D eigenvalue weighted by Crippen LogP contribution is 2.35. The Labute approximate surface area is 158 Å². The Morgan fingerprint density at radius 1 is 1.15 bits per heavy atom. The minimum absolute atomic E-state index is 0.0291. The summed E-state index contributed by atoms with van der Waals surface area (Å²) in [6.45, 7) is 6.23. The van der Waals surface area contributed by atoms with Gasteiger partial charge in [-0.25, -0.2) is 4.79 Å². The van der Waals surface area contributed by atoms with Crippen LogP contribution in [0.3, 0.4) is 0 Å². The van der Waals surface area contributed by atoms with Gasteiger partial charge >= 0.3 is 5.97 Å². The molecule has 1 saturated carbocycles. The molecule has 2 N–H and O–H groups in total. The van der Waals surface area contributed by atoms with Crippen LogP contribution in [0.5, 0.6) is 0 Å². The number of carbonyl (C=O) groups excluding carboxylic acids is 3. The molecule has 144 valence electrons. The van der Waals surface area contributed by atoms with Crippen molar-refractivity contribution in [2.75, 3.05) is 18.5 Å². The molecule has 1 aliphatic rings. The summed E-state index contributed by atoms with van der Waals surface area (Å²) in [5.74, 6) is -0.830. The van der Waals surface area contributed by atoms with Crippen molar-refractivity contribution < 1.29 is 19.1 Å². The summed E-state index contributed by atoms with van der Waals surface area (Å²) >= 11 is 1.15. The van der Waals surface area contributed by atoms with Gasteiger partial charge in [-0.05, 0) is 38.7 Å². The zero-order valence-electron chi connectivity index (χ0n) is 15.8. The number of thiophene rings is 1. The third-order valence-electron chi connectivity index (χ3n) is 4.58. The smallest absolute Gasteiger partial charge is 0.341 e. The maximum atomic E-state index is 12.6. The van der Waals surface area contributed by atoms with Gasteiger partial charge in [0, 0.05) is 12.5 Å². The van der Waals surface area contributed by atoms with Crippen LogP contribution in [0.4, 0.5) is 5.00 Å². The van der Waals surface area contributed by atoms with E-state index in [1.165, 1.54) is 0 Å². The molecule has 0 aliphatic heterocycles. The molecule has 0 aromatic carbocycles. The summed E-state index contributed by atoms with van der Waals surface area (Å²) in [4.78, 5) is 37.8. The third kappa shape index (κ3) is 4.84. The molecule has 0 saturated heterocycles. The lowest BCUT2D eigenvalue weighted by molar-refractivity contribution is -0.120. The number of anilines is 1. The number of rotatable bonds is 7. The van der Waals surface area contributed by atoms with E-state index in [0.717, 1.165) is 49.9 Å². The van der Waals surface area contributed by atoms with Gasteiger partial charge in [-0.2, -0.15) is 0 Å². The van der Waals surface area contributed by atoms with E-state index in [1.54, 1.807) is 13.8 Å². The van der Waals surface area contributed by atoms with E-state index in [-0.39, 0.29) is 24.3 Å². The fourth-order valence-corrected chi connectivity index (χ4v) is 4.28. The van der Waals surface area contributed by atoms with Crippen LogP contribution in [-0.2, 0) is 9.53 Å². The van der Waals surface area contributed by atoms with Gasteiger partial charge < -0.3 is 15.4 Å². The normalized spacial score (nSPS) is 14.7. The van der Waals surface area contributed by atoms with Crippen LogP contribution in [0.1, 0.15) is 78.0 Å². The van der Waals surface area contributed by atoms with Gasteiger partial charge in [0.1, 0.15) is 5.00 Å². The van der Waals surface area contributed by atoms with Crippen LogP contribution in [0.25, 0.3) is 0 Å². The first kappa shape index (κ1) is 20.4. The molecule has 0 atom stereocenters. The second-order valence-corrected chi connectivity index (χ2v) is 7.58. The highest BCUT2D eigenvalue weighted by atomic mass is 32.1. The van der Waals surface area contributed by atoms with Gasteiger partial charge in [0.25, 0.3) is 5.91 Å². The Morgan fingerprint density at radius 2 is 1.85 bits per heavy atom. The fraction of sp³-hybridized carbons (Fsp3) is 0.632. The van der Waals surface area contributed by atoms with Crippen molar-refractivity contribution in [3.63, 3.8) is 0 Å². The molecular formula is C19H28N2O4S. The molecule has 1 aromatic rings. The number of amides is 2. The molecule has 6 nitrogen and oxygen atoms in total. The van der Waals surface area contributed by atoms with Crippen molar-refractivity contribution in [1.82, 2.24) is 5.32 Å². The minimum Gasteiger partial charge on any atom is -0.462 e. The fourth-order valence-electron chi connectivity index (χ4n) is 3.16. The Bertz CT molecular complexity index is 663. The summed E-state index contributed by atoms with van der Waals surface area (Å²) in [5.41, 5.74) is 0.851. The number of nitrogens with one attached hydrogen (secondary N) is 2. The van der Waals surface area contributed by atoms with Gasteiger partial charge in [-0.1, -0.05) is 26.2 Å². The highest BCUT2D eigenvalue weighted by Gasteiger charge is 2.28. The zero-order chi connectivity index (χ0) is 19.1. The van der Waals surface area contributed by atoms with Gasteiger partial charge in [-0.15, -0.1) is 11.3 Å². The first-order valence-electron chi connectivity index (χ1n) is 9.39. The van der Waals surface area contributed by atoms with Crippen molar-refractivity contribution in [3.8, 4) is 0 Å². The second-order valence-electron chi connectivity index (χ2n) is 6.56. The van der Waals surface area contributed by atoms with Crippen LogP contribution in [0.2, 0.25) is 0 Å². The lowest BCUT2D eigenvalue weighted by Gasteiger charge is -2.20. The third-order valence-corrected chi connectivity index (χ3v) is 5.79. The van der Waals surface area contributed by atoms with Crippen molar-refractivity contribution in [3.05, 3.63) is 16.0 Å². The van der Waals surface area contributed by atoms with E-state index in [9.17, 15) is 14.4 Å². The summed E-state index contributed by atoms with van der Waals surface area (Å²) in [5, 5.41) is 6.13. The highest BCUT2D eigenvalue weighted by molar-refractivity contribution is 7.18.